The smallest absolute Gasteiger partial charge is 0.256 e. The summed E-state index contributed by atoms with van der Waals surface area (Å²) in [6, 6.07) is 10.6. The molecule has 0 aliphatic heterocycles. The zero-order valence-electron chi connectivity index (χ0n) is 10.7. The molecule has 106 valence electrons. The van der Waals surface area contributed by atoms with Crippen molar-refractivity contribution in [2.45, 2.75) is 0 Å². The van der Waals surface area contributed by atoms with E-state index in [4.69, 9.17) is 17.3 Å². The first-order valence-electron chi connectivity index (χ1n) is 6.00. The first-order chi connectivity index (χ1) is 10.1. The number of aromatic nitrogens is 1. The van der Waals surface area contributed by atoms with E-state index >= 15 is 0 Å². The SMILES string of the molecule is Nc1nc(-c2cccs2)c(NC(=O)c2ccc(Cl)cc2)s1. The number of hydrogen-bond donors (Lipinski definition) is 2. The lowest BCUT2D eigenvalue weighted by molar-refractivity contribution is 0.102. The van der Waals surface area contributed by atoms with Gasteiger partial charge in [0.05, 0.1) is 4.88 Å². The first-order valence-corrected chi connectivity index (χ1v) is 8.08. The highest BCUT2D eigenvalue weighted by Gasteiger charge is 2.16. The van der Waals surface area contributed by atoms with Gasteiger partial charge in [0.15, 0.2) is 5.13 Å². The molecule has 0 saturated carbocycles. The number of carbonyl (C=O) groups is 1. The molecule has 0 aliphatic rings. The van der Waals surface area contributed by atoms with E-state index in [1.807, 2.05) is 17.5 Å². The van der Waals surface area contributed by atoms with Gasteiger partial charge in [0, 0.05) is 10.6 Å². The number of benzene rings is 1. The summed E-state index contributed by atoms with van der Waals surface area (Å²) in [5.74, 6) is -0.215. The van der Waals surface area contributed by atoms with Gasteiger partial charge in [-0.1, -0.05) is 29.0 Å². The fourth-order valence-electron chi connectivity index (χ4n) is 1.78. The summed E-state index contributed by atoms with van der Waals surface area (Å²) in [4.78, 5) is 17.5. The Morgan fingerprint density at radius 2 is 2.00 bits per heavy atom. The summed E-state index contributed by atoms with van der Waals surface area (Å²) < 4.78 is 0. The second-order valence-corrected chi connectivity index (χ2v) is 6.58. The third kappa shape index (κ3) is 3.07. The fourth-order valence-corrected chi connectivity index (χ4v) is 3.43. The summed E-state index contributed by atoms with van der Waals surface area (Å²) >= 11 is 8.62. The average Bonchev–Trinajstić information content (AvgIpc) is 3.09. The third-order valence-corrected chi connectivity index (χ3v) is 4.66. The Labute approximate surface area is 134 Å². The summed E-state index contributed by atoms with van der Waals surface area (Å²) in [5.41, 5.74) is 7.00. The average molecular weight is 336 g/mol. The second-order valence-electron chi connectivity index (χ2n) is 4.17. The number of nitrogen functional groups attached to an aromatic ring is 1. The Kier molecular flexibility index (Phi) is 3.92. The molecule has 0 unspecified atom stereocenters. The number of nitrogens with one attached hydrogen (secondary N) is 1. The number of carbonyl (C=O) groups excluding carboxylic acids is 1. The third-order valence-electron chi connectivity index (χ3n) is 2.73. The lowest BCUT2D eigenvalue weighted by Crippen LogP contribution is -2.11. The van der Waals surface area contributed by atoms with Crippen molar-refractivity contribution in [3.63, 3.8) is 0 Å². The second kappa shape index (κ2) is 5.85. The largest absolute Gasteiger partial charge is 0.375 e. The molecule has 2 heterocycles. The topological polar surface area (TPSA) is 68.0 Å². The van der Waals surface area contributed by atoms with E-state index < -0.39 is 0 Å². The van der Waals surface area contributed by atoms with Crippen LogP contribution >= 0.6 is 34.3 Å². The number of hydrogen-bond acceptors (Lipinski definition) is 5. The molecule has 0 radical (unpaired) electrons. The molecular formula is C14H10ClN3OS2. The highest BCUT2D eigenvalue weighted by atomic mass is 35.5. The minimum atomic E-state index is -0.215. The molecule has 4 nitrogen and oxygen atoms in total. The van der Waals surface area contributed by atoms with Crippen LogP contribution in [0.2, 0.25) is 5.02 Å². The number of nitrogens with two attached hydrogens (primary N) is 1. The van der Waals surface area contributed by atoms with E-state index in [1.54, 1.807) is 35.6 Å². The predicted octanol–water partition coefficient (Wildman–Crippen LogP) is 4.36. The number of halogens is 1. The highest BCUT2D eigenvalue weighted by molar-refractivity contribution is 7.21. The Balaban J connectivity index is 1.88. The van der Waals surface area contributed by atoms with E-state index in [2.05, 4.69) is 10.3 Å². The van der Waals surface area contributed by atoms with Gasteiger partial charge in [-0.2, -0.15) is 0 Å². The molecule has 0 aliphatic carbocycles. The number of thiophene rings is 1. The molecule has 0 bridgehead atoms. The number of amides is 1. The van der Waals surface area contributed by atoms with E-state index in [0.29, 0.717) is 26.4 Å². The quantitative estimate of drug-likeness (QED) is 0.747. The Morgan fingerprint density at radius 3 is 2.67 bits per heavy atom. The fraction of sp³-hybridized carbons (Fsp3) is 0. The molecule has 0 spiro atoms. The highest BCUT2D eigenvalue weighted by Crippen LogP contribution is 2.36. The molecule has 21 heavy (non-hydrogen) atoms. The lowest BCUT2D eigenvalue weighted by atomic mass is 10.2. The van der Waals surface area contributed by atoms with Gasteiger partial charge in [0.25, 0.3) is 5.91 Å². The lowest BCUT2D eigenvalue weighted by Gasteiger charge is -2.04. The van der Waals surface area contributed by atoms with E-state index in [9.17, 15) is 4.79 Å². The number of nitrogens with zero attached hydrogens (tertiary/aromatic N) is 1. The summed E-state index contributed by atoms with van der Waals surface area (Å²) in [6.45, 7) is 0. The van der Waals surface area contributed by atoms with Crippen LogP contribution in [-0.2, 0) is 0 Å². The molecule has 7 heteroatoms. The molecule has 0 atom stereocenters. The van der Waals surface area contributed by atoms with Gasteiger partial charge in [0.2, 0.25) is 0 Å². The molecule has 3 aromatic rings. The standard InChI is InChI=1S/C14H10ClN3OS2/c15-9-5-3-8(4-6-9)12(19)18-13-11(17-14(16)21-13)10-2-1-7-20-10/h1-7H,(H2,16,17)(H,18,19). The zero-order chi connectivity index (χ0) is 14.8. The normalized spacial score (nSPS) is 10.5. The molecule has 0 fully saturated rings. The minimum Gasteiger partial charge on any atom is -0.375 e. The van der Waals surface area contributed by atoms with Crippen LogP contribution < -0.4 is 11.1 Å². The minimum absolute atomic E-state index is 0.215. The number of rotatable bonds is 3. The number of thiazole rings is 1. The summed E-state index contributed by atoms with van der Waals surface area (Å²) in [7, 11) is 0. The van der Waals surface area contributed by atoms with Crippen LogP contribution in [0.3, 0.4) is 0 Å². The van der Waals surface area contributed by atoms with Gasteiger partial charge in [-0.15, -0.1) is 11.3 Å². The summed E-state index contributed by atoms with van der Waals surface area (Å²) in [6.07, 6.45) is 0. The first kappa shape index (κ1) is 14.1. The summed E-state index contributed by atoms with van der Waals surface area (Å²) in [5, 5.41) is 6.47. The van der Waals surface area contributed by atoms with Crippen molar-refractivity contribution in [1.82, 2.24) is 4.98 Å². The van der Waals surface area contributed by atoms with E-state index in [1.165, 1.54) is 11.3 Å². The van der Waals surface area contributed by atoms with Crippen molar-refractivity contribution in [2.75, 3.05) is 11.1 Å². The van der Waals surface area contributed by atoms with E-state index in [-0.39, 0.29) is 5.91 Å². The monoisotopic (exact) mass is 335 g/mol. The Bertz CT molecular complexity index is 766. The Morgan fingerprint density at radius 1 is 1.24 bits per heavy atom. The molecule has 0 saturated heterocycles. The van der Waals surface area contributed by atoms with Gasteiger partial charge < -0.3 is 11.1 Å². The van der Waals surface area contributed by atoms with Crippen LogP contribution in [0.25, 0.3) is 10.6 Å². The van der Waals surface area contributed by atoms with E-state index in [0.717, 1.165) is 4.88 Å². The van der Waals surface area contributed by atoms with Crippen molar-refractivity contribution in [1.29, 1.82) is 0 Å². The molecule has 3 N–H and O–H groups in total. The maximum absolute atomic E-state index is 12.2. The van der Waals surface area contributed by atoms with Gasteiger partial charge in [-0.05, 0) is 35.7 Å². The van der Waals surface area contributed by atoms with Crippen LogP contribution in [0.15, 0.2) is 41.8 Å². The maximum atomic E-state index is 12.2. The predicted molar refractivity (Wildman–Crippen MR) is 89.2 cm³/mol. The number of anilines is 2. The molecule has 2 aromatic heterocycles. The van der Waals surface area contributed by atoms with Gasteiger partial charge in [-0.25, -0.2) is 4.98 Å². The van der Waals surface area contributed by atoms with Crippen LogP contribution in [0, 0.1) is 0 Å². The van der Waals surface area contributed by atoms with Crippen molar-refractivity contribution >= 4 is 50.3 Å². The van der Waals surface area contributed by atoms with Gasteiger partial charge in [-0.3, -0.25) is 4.79 Å². The molecular weight excluding hydrogens is 326 g/mol. The van der Waals surface area contributed by atoms with Crippen LogP contribution in [0.5, 0.6) is 0 Å². The van der Waals surface area contributed by atoms with Crippen molar-refractivity contribution in [2.24, 2.45) is 0 Å². The zero-order valence-corrected chi connectivity index (χ0v) is 13.1. The molecule has 3 rings (SSSR count). The van der Waals surface area contributed by atoms with Gasteiger partial charge >= 0.3 is 0 Å². The van der Waals surface area contributed by atoms with Crippen LogP contribution in [0.1, 0.15) is 10.4 Å². The maximum Gasteiger partial charge on any atom is 0.256 e. The van der Waals surface area contributed by atoms with Crippen molar-refractivity contribution < 1.29 is 4.79 Å². The van der Waals surface area contributed by atoms with Crippen LogP contribution in [-0.4, -0.2) is 10.9 Å². The van der Waals surface area contributed by atoms with Crippen molar-refractivity contribution in [3.05, 3.63) is 52.4 Å². The van der Waals surface area contributed by atoms with Crippen LogP contribution in [0.4, 0.5) is 10.1 Å². The molecule has 1 aromatic carbocycles. The Hall–Kier alpha value is -1.89. The van der Waals surface area contributed by atoms with Crippen molar-refractivity contribution in [3.8, 4) is 10.6 Å². The molecule has 1 amide bonds. The van der Waals surface area contributed by atoms with Gasteiger partial charge in [0.1, 0.15) is 10.7 Å².